The van der Waals surface area contributed by atoms with Crippen LogP contribution in [0.5, 0.6) is 0 Å². The lowest BCUT2D eigenvalue weighted by molar-refractivity contribution is -0.162. The van der Waals surface area contributed by atoms with E-state index in [1.165, 1.54) is 0 Å². The summed E-state index contributed by atoms with van der Waals surface area (Å²) in [5, 5.41) is 3.43. The van der Waals surface area contributed by atoms with Gasteiger partial charge in [0, 0.05) is 18.6 Å². The SMILES string of the molecule is CCCNC(=O)[C@@H]1OCC(=O)N(C)[C@H]1c1ccc(Cl)cc1. The molecule has 0 bridgehead atoms. The van der Waals surface area contributed by atoms with Crippen molar-refractivity contribution in [2.75, 3.05) is 20.2 Å². The quantitative estimate of drug-likeness (QED) is 0.922. The number of nitrogens with zero attached hydrogens (tertiary/aromatic N) is 1. The van der Waals surface area contributed by atoms with Gasteiger partial charge in [0.25, 0.3) is 5.91 Å². The fourth-order valence-corrected chi connectivity index (χ4v) is 2.46. The predicted molar refractivity (Wildman–Crippen MR) is 80.0 cm³/mol. The molecule has 1 aromatic rings. The summed E-state index contributed by atoms with van der Waals surface area (Å²) >= 11 is 5.89. The van der Waals surface area contributed by atoms with Crippen LogP contribution in [0.25, 0.3) is 0 Å². The molecule has 0 radical (unpaired) electrons. The van der Waals surface area contributed by atoms with Crippen molar-refractivity contribution in [3.63, 3.8) is 0 Å². The zero-order chi connectivity index (χ0) is 15.4. The molecule has 2 rings (SSSR count). The Balaban J connectivity index is 2.26. The van der Waals surface area contributed by atoms with E-state index in [1.54, 1.807) is 24.1 Å². The van der Waals surface area contributed by atoms with Crippen molar-refractivity contribution in [2.24, 2.45) is 0 Å². The molecule has 1 N–H and O–H groups in total. The van der Waals surface area contributed by atoms with E-state index in [0.717, 1.165) is 12.0 Å². The number of nitrogens with one attached hydrogen (secondary N) is 1. The highest BCUT2D eigenvalue weighted by Crippen LogP contribution is 2.29. The lowest BCUT2D eigenvalue weighted by Gasteiger charge is -2.38. The van der Waals surface area contributed by atoms with Gasteiger partial charge in [-0.3, -0.25) is 9.59 Å². The van der Waals surface area contributed by atoms with Crippen LogP contribution in [-0.4, -0.2) is 43.0 Å². The summed E-state index contributed by atoms with van der Waals surface area (Å²) < 4.78 is 5.48. The third-order valence-corrected chi connectivity index (χ3v) is 3.75. The average molecular weight is 311 g/mol. The number of hydrogen-bond donors (Lipinski definition) is 1. The highest BCUT2D eigenvalue weighted by Gasteiger charge is 2.39. The number of benzene rings is 1. The molecule has 1 saturated heterocycles. The van der Waals surface area contributed by atoms with E-state index in [9.17, 15) is 9.59 Å². The molecule has 1 aliphatic rings. The van der Waals surface area contributed by atoms with Crippen molar-refractivity contribution >= 4 is 23.4 Å². The molecule has 5 nitrogen and oxygen atoms in total. The predicted octanol–water partition coefficient (Wildman–Crippen LogP) is 1.76. The van der Waals surface area contributed by atoms with Gasteiger partial charge in [-0.1, -0.05) is 30.7 Å². The number of rotatable bonds is 4. The zero-order valence-corrected chi connectivity index (χ0v) is 12.9. The minimum atomic E-state index is -0.708. The highest BCUT2D eigenvalue weighted by atomic mass is 35.5. The van der Waals surface area contributed by atoms with Crippen molar-refractivity contribution in [1.29, 1.82) is 0 Å². The van der Waals surface area contributed by atoms with Gasteiger partial charge in [-0.15, -0.1) is 0 Å². The van der Waals surface area contributed by atoms with E-state index in [-0.39, 0.29) is 18.4 Å². The molecule has 1 aliphatic heterocycles. The summed E-state index contributed by atoms with van der Waals surface area (Å²) in [6, 6.07) is 6.66. The summed E-state index contributed by atoms with van der Waals surface area (Å²) in [5.41, 5.74) is 0.826. The van der Waals surface area contributed by atoms with E-state index >= 15 is 0 Å². The van der Waals surface area contributed by atoms with Crippen LogP contribution in [0.15, 0.2) is 24.3 Å². The number of carbonyl (C=O) groups excluding carboxylic acids is 2. The van der Waals surface area contributed by atoms with Gasteiger partial charge in [-0.05, 0) is 24.1 Å². The van der Waals surface area contributed by atoms with Gasteiger partial charge in [-0.2, -0.15) is 0 Å². The van der Waals surface area contributed by atoms with Crippen molar-refractivity contribution in [3.8, 4) is 0 Å². The Morgan fingerprint density at radius 1 is 1.43 bits per heavy atom. The average Bonchev–Trinajstić information content (AvgIpc) is 2.48. The largest absolute Gasteiger partial charge is 0.356 e. The minimum absolute atomic E-state index is 0.0786. The van der Waals surface area contributed by atoms with Crippen LogP contribution < -0.4 is 5.32 Å². The second-order valence-corrected chi connectivity index (χ2v) is 5.46. The number of carbonyl (C=O) groups is 2. The van der Waals surface area contributed by atoms with Gasteiger partial charge in [-0.25, -0.2) is 0 Å². The highest BCUT2D eigenvalue weighted by molar-refractivity contribution is 6.30. The molecule has 2 amide bonds. The van der Waals surface area contributed by atoms with Crippen LogP contribution in [0.4, 0.5) is 0 Å². The molecule has 0 spiro atoms. The van der Waals surface area contributed by atoms with Crippen molar-refractivity contribution in [1.82, 2.24) is 10.2 Å². The lowest BCUT2D eigenvalue weighted by atomic mass is 9.97. The molecule has 0 aromatic heterocycles. The van der Waals surface area contributed by atoms with E-state index in [1.807, 2.05) is 19.1 Å². The Labute approximate surface area is 129 Å². The Bertz CT molecular complexity index is 518. The van der Waals surface area contributed by atoms with Crippen LogP contribution in [0, 0.1) is 0 Å². The molecular formula is C15H19ClN2O3. The molecule has 0 unspecified atom stereocenters. The van der Waals surface area contributed by atoms with Gasteiger partial charge in [0.15, 0.2) is 6.10 Å². The lowest BCUT2D eigenvalue weighted by Crippen LogP contribution is -2.53. The fourth-order valence-electron chi connectivity index (χ4n) is 2.34. The number of amides is 2. The summed E-state index contributed by atoms with van der Waals surface area (Å²) in [6.45, 7) is 2.49. The Kier molecular flexibility index (Phi) is 5.20. The topological polar surface area (TPSA) is 58.6 Å². The first-order valence-electron chi connectivity index (χ1n) is 6.95. The second kappa shape index (κ2) is 6.91. The number of likely N-dealkylation sites (N-methyl/N-ethyl adjacent to an activating group) is 1. The van der Waals surface area contributed by atoms with Crippen LogP contribution in [0.2, 0.25) is 5.02 Å². The molecule has 21 heavy (non-hydrogen) atoms. The minimum Gasteiger partial charge on any atom is -0.356 e. The first-order valence-corrected chi connectivity index (χ1v) is 7.32. The molecule has 2 atom stereocenters. The third-order valence-electron chi connectivity index (χ3n) is 3.50. The van der Waals surface area contributed by atoms with Gasteiger partial charge < -0.3 is 15.0 Å². The van der Waals surface area contributed by atoms with Crippen molar-refractivity contribution < 1.29 is 14.3 Å². The van der Waals surface area contributed by atoms with Crippen molar-refractivity contribution in [3.05, 3.63) is 34.9 Å². The van der Waals surface area contributed by atoms with Gasteiger partial charge >= 0.3 is 0 Å². The molecule has 1 heterocycles. The summed E-state index contributed by atoms with van der Waals surface area (Å²) in [4.78, 5) is 25.7. The number of morpholine rings is 1. The Hall–Kier alpha value is -1.59. The summed E-state index contributed by atoms with van der Waals surface area (Å²) in [5.74, 6) is -0.342. The molecule has 6 heteroatoms. The number of hydrogen-bond acceptors (Lipinski definition) is 3. The normalized spacial score (nSPS) is 22.2. The maximum absolute atomic E-state index is 12.3. The maximum Gasteiger partial charge on any atom is 0.251 e. The maximum atomic E-state index is 12.3. The third kappa shape index (κ3) is 3.54. The molecule has 1 fully saturated rings. The van der Waals surface area contributed by atoms with Gasteiger partial charge in [0.2, 0.25) is 5.91 Å². The standard InChI is InChI=1S/C15H19ClN2O3/c1-3-8-17-15(20)14-13(18(2)12(19)9-21-14)10-4-6-11(16)7-5-10/h4-7,13-14H,3,8-9H2,1-2H3,(H,17,20)/t13-,14+/m0/s1. The molecule has 114 valence electrons. The first-order chi connectivity index (χ1) is 10.0. The van der Waals surface area contributed by atoms with Crippen molar-refractivity contribution in [2.45, 2.75) is 25.5 Å². The van der Waals surface area contributed by atoms with E-state index in [2.05, 4.69) is 5.32 Å². The van der Waals surface area contributed by atoms with Crippen LogP contribution in [-0.2, 0) is 14.3 Å². The fraction of sp³-hybridized carbons (Fsp3) is 0.467. The van der Waals surface area contributed by atoms with E-state index < -0.39 is 12.1 Å². The van der Waals surface area contributed by atoms with Crippen LogP contribution >= 0.6 is 11.6 Å². The summed E-state index contributed by atoms with van der Waals surface area (Å²) in [7, 11) is 1.68. The Morgan fingerprint density at radius 2 is 2.10 bits per heavy atom. The summed E-state index contributed by atoms with van der Waals surface area (Å²) in [6.07, 6.45) is 0.138. The monoisotopic (exact) mass is 310 g/mol. The number of halogens is 1. The smallest absolute Gasteiger partial charge is 0.251 e. The Morgan fingerprint density at radius 3 is 2.71 bits per heavy atom. The molecular weight excluding hydrogens is 292 g/mol. The van der Waals surface area contributed by atoms with E-state index in [0.29, 0.717) is 11.6 Å². The van der Waals surface area contributed by atoms with Crippen LogP contribution in [0.3, 0.4) is 0 Å². The molecule has 1 aromatic carbocycles. The first kappa shape index (κ1) is 15.8. The van der Waals surface area contributed by atoms with Gasteiger partial charge in [0.1, 0.15) is 6.61 Å². The van der Waals surface area contributed by atoms with Crippen LogP contribution in [0.1, 0.15) is 24.9 Å². The molecule has 0 saturated carbocycles. The van der Waals surface area contributed by atoms with Gasteiger partial charge in [0.05, 0.1) is 6.04 Å². The molecule has 0 aliphatic carbocycles. The second-order valence-electron chi connectivity index (χ2n) is 5.02. The number of ether oxygens (including phenoxy) is 1. The van der Waals surface area contributed by atoms with E-state index in [4.69, 9.17) is 16.3 Å². The zero-order valence-electron chi connectivity index (χ0n) is 12.1.